The molecule has 80 valence electrons. The molecular weight excluding hydrogens is 224 g/mol. The summed E-state index contributed by atoms with van der Waals surface area (Å²) in [6, 6.07) is 4.10. The first-order chi connectivity index (χ1) is 7.72. The van der Waals surface area contributed by atoms with Gasteiger partial charge in [0, 0.05) is 0 Å². The third kappa shape index (κ3) is 1.34. The fourth-order valence-electron chi connectivity index (χ4n) is 1.58. The van der Waals surface area contributed by atoms with Crippen molar-refractivity contribution in [3.8, 4) is 12.1 Å². The van der Waals surface area contributed by atoms with Crippen molar-refractivity contribution in [2.75, 3.05) is 6.26 Å². The van der Waals surface area contributed by atoms with Gasteiger partial charge in [-0.1, -0.05) is 0 Å². The molecular formula is C9H8N6S. The number of hydrogen-bond donors (Lipinski definition) is 1. The second kappa shape index (κ2) is 3.87. The van der Waals surface area contributed by atoms with Gasteiger partial charge in [-0.05, 0) is 6.26 Å². The number of aromatic nitrogens is 2. The first-order valence-corrected chi connectivity index (χ1v) is 5.75. The molecule has 2 atom stereocenters. The molecule has 0 aromatic carbocycles. The number of thioether (sulfide) groups is 1. The minimum absolute atomic E-state index is 0.223. The first kappa shape index (κ1) is 10.5. The lowest BCUT2D eigenvalue weighted by molar-refractivity contribution is 0.549. The molecule has 0 saturated carbocycles. The molecule has 0 fully saturated rings. The van der Waals surface area contributed by atoms with Crippen molar-refractivity contribution in [3.05, 3.63) is 11.8 Å². The van der Waals surface area contributed by atoms with Crippen LogP contribution < -0.4 is 5.73 Å². The van der Waals surface area contributed by atoms with Gasteiger partial charge in [0.2, 0.25) is 0 Å². The van der Waals surface area contributed by atoms with Crippen molar-refractivity contribution in [2.45, 2.75) is 5.37 Å². The van der Waals surface area contributed by atoms with Crippen molar-refractivity contribution < 1.29 is 0 Å². The topological polar surface area (TPSA) is 104 Å². The molecule has 2 unspecified atom stereocenters. The molecule has 1 aromatic heterocycles. The highest BCUT2D eigenvalue weighted by Crippen LogP contribution is 2.37. The molecule has 7 heteroatoms. The maximum absolute atomic E-state index is 9.02. The van der Waals surface area contributed by atoms with Gasteiger partial charge in [-0.25, -0.2) is 9.67 Å². The van der Waals surface area contributed by atoms with Gasteiger partial charge in [0.25, 0.3) is 0 Å². The number of fused-ring (bicyclic) bond motifs is 1. The molecule has 0 bridgehead atoms. The van der Waals surface area contributed by atoms with Gasteiger partial charge in [0.05, 0.1) is 12.3 Å². The lowest BCUT2D eigenvalue weighted by Crippen LogP contribution is -2.33. The summed E-state index contributed by atoms with van der Waals surface area (Å²) in [5.74, 6) is 0.172. The van der Waals surface area contributed by atoms with Gasteiger partial charge in [-0.2, -0.15) is 15.6 Å². The van der Waals surface area contributed by atoms with Crippen molar-refractivity contribution >= 4 is 23.4 Å². The molecule has 0 saturated heterocycles. The van der Waals surface area contributed by atoms with E-state index in [2.05, 4.69) is 16.2 Å². The fraction of sp³-hybridized carbons (Fsp3) is 0.333. The van der Waals surface area contributed by atoms with Crippen LogP contribution in [0.3, 0.4) is 0 Å². The summed E-state index contributed by atoms with van der Waals surface area (Å²) in [6.45, 7) is 0. The Morgan fingerprint density at radius 2 is 2.31 bits per heavy atom. The summed E-state index contributed by atoms with van der Waals surface area (Å²) in [5.41, 5.74) is 6.09. The molecule has 1 aliphatic rings. The molecule has 2 rings (SSSR count). The predicted octanol–water partition coefficient (Wildman–Crippen LogP) is 0.758. The van der Waals surface area contributed by atoms with E-state index < -0.39 is 5.92 Å². The lowest BCUT2D eigenvalue weighted by atomic mass is 10.1. The Labute approximate surface area is 96.4 Å². The average molecular weight is 232 g/mol. The van der Waals surface area contributed by atoms with Crippen LogP contribution in [0, 0.1) is 28.6 Å². The van der Waals surface area contributed by atoms with Crippen LogP contribution in [0.4, 0.5) is 5.82 Å². The quantitative estimate of drug-likeness (QED) is 0.769. The zero-order chi connectivity index (χ0) is 11.7. The zero-order valence-electron chi connectivity index (χ0n) is 8.45. The van der Waals surface area contributed by atoms with Crippen LogP contribution in [0.2, 0.25) is 0 Å². The third-order valence-corrected chi connectivity index (χ3v) is 3.30. The molecule has 1 aromatic rings. The molecule has 0 amide bonds. The highest BCUT2D eigenvalue weighted by molar-refractivity contribution is 7.98. The number of hydrogen-bond acceptors (Lipinski definition) is 6. The summed E-state index contributed by atoms with van der Waals surface area (Å²) >= 11 is 1.46. The summed E-state index contributed by atoms with van der Waals surface area (Å²) < 4.78 is 1.58. The minimum atomic E-state index is -0.506. The van der Waals surface area contributed by atoms with Gasteiger partial charge in [0.15, 0.2) is 5.82 Å². The van der Waals surface area contributed by atoms with Gasteiger partial charge < -0.3 is 5.73 Å². The van der Waals surface area contributed by atoms with E-state index in [1.165, 1.54) is 18.0 Å². The number of nitriles is 2. The number of nitrogens with zero attached hydrogens (tertiary/aromatic N) is 5. The number of amidine groups is 1. The summed E-state index contributed by atoms with van der Waals surface area (Å²) in [4.78, 5) is 4.06. The van der Waals surface area contributed by atoms with Crippen molar-refractivity contribution in [3.63, 3.8) is 0 Å². The minimum Gasteiger partial charge on any atom is -0.386 e. The standard InChI is InChI=1S/C9H8N6S/c1-16-9-6(3-11)7(12)14-8-5(2-10)4-13-15(8)9/h4,6,9H,1H3,(H2,12,14). The van der Waals surface area contributed by atoms with E-state index in [9.17, 15) is 0 Å². The number of nitrogens with two attached hydrogens (primary N) is 1. The van der Waals surface area contributed by atoms with Gasteiger partial charge in [-0.3, -0.25) is 0 Å². The van der Waals surface area contributed by atoms with Crippen LogP contribution in [-0.2, 0) is 0 Å². The van der Waals surface area contributed by atoms with E-state index in [4.69, 9.17) is 16.3 Å². The molecule has 6 nitrogen and oxygen atoms in total. The lowest BCUT2D eigenvalue weighted by Gasteiger charge is -2.25. The van der Waals surface area contributed by atoms with E-state index in [0.29, 0.717) is 11.4 Å². The monoisotopic (exact) mass is 232 g/mol. The highest BCUT2D eigenvalue weighted by Gasteiger charge is 2.33. The highest BCUT2D eigenvalue weighted by atomic mass is 32.2. The van der Waals surface area contributed by atoms with Crippen LogP contribution in [0.15, 0.2) is 11.2 Å². The second-order valence-corrected chi connectivity index (χ2v) is 4.16. The Morgan fingerprint density at radius 1 is 1.56 bits per heavy atom. The zero-order valence-corrected chi connectivity index (χ0v) is 9.27. The molecule has 0 aliphatic carbocycles. The van der Waals surface area contributed by atoms with Crippen molar-refractivity contribution in [1.29, 1.82) is 10.5 Å². The van der Waals surface area contributed by atoms with Crippen LogP contribution >= 0.6 is 11.8 Å². The Balaban J connectivity index is 2.60. The van der Waals surface area contributed by atoms with Gasteiger partial charge >= 0.3 is 0 Å². The third-order valence-electron chi connectivity index (χ3n) is 2.35. The van der Waals surface area contributed by atoms with Crippen molar-refractivity contribution in [1.82, 2.24) is 9.78 Å². The fourth-order valence-corrected chi connectivity index (χ4v) is 2.40. The molecule has 16 heavy (non-hydrogen) atoms. The second-order valence-electron chi connectivity index (χ2n) is 3.21. The van der Waals surface area contributed by atoms with E-state index in [-0.39, 0.29) is 11.2 Å². The average Bonchev–Trinajstić information content (AvgIpc) is 2.69. The van der Waals surface area contributed by atoms with E-state index in [1.807, 2.05) is 12.3 Å². The SMILES string of the molecule is CSC1C(C#N)C(N)=Nc2c(C#N)cnn21. The van der Waals surface area contributed by atoms with E-state index in [0.717, 1.165) is 0 Å². The van der Waals surface area contributed by atoms with Crippen LogP contribution in [0.1, 0.15) is 10.9 Å². The van der Waals surface area contributed by atoms with Crippen LogP contribution in [-0.4, -0.2) is 21.9 Å². The maximum atomic E-state index is 9.02. The predicted molar refractivity (Wildman–Crippen MR) is 59.9 cm³/mol. The van der Waals surface area contributed by atoms with E-state index >= 15 is 0 Å². The molecule has 2 heterocycles. The van der Waals surface area contributed by atoms with Crippen molar-refractivity contribution in [2.24, 2.45) is 16.6 Å². The molecule has 0 radical (unpaired) electrons. The first-order valence-electron chi connectivity index (χ1n) is 4.47. The molecule has 0 spiro atoms. The smallest absolute Gasteiger partial charge is 0.171 e. The Kier molecular flexibility index (Phi) is 2.55. The summed E-state index contributed by atoms with van der Waals surface area (Å²) in [7, 11) is 0. The Bertz CT molecular complexity index is 531. The van der Waals surface area contributed by atoms with E-state index in [1.54, 1.807) is 4.68 Å². The maximum Gasteiger partial charge on any atom is 0.171 e. The Morgan fingerprint density at radius 3 is 2.88 bits per heavy atom. The largest absolute Gasteiger partial charge is 0.386 e. The van der Waals surface area contributed by atoms with Gasteiger partial charge in [-0.15, -0.1) is 11.8 Å². The molecule has 2 N–H and O–H groups in total. The normalized spacial score (nSPS) is 22.8. The summed E-state index contributed by atoms with van der Waals surface area (Å²) in [6.07, 6.45) is 3.31. The Hall–Kier alpha value is -1.99. The summed E-state index contributed by atoms with van der Waals surface area (Å²) in [5, 5.41) is 21.7. The number of aliphatic imine (C=N–C) groups is 1. The molecule has 1 aliphatic heterocycles. The van der Waals surface area contributed by atoms with Crippen LogP contribution in [0.5, 0.6) is 0 Å². The van der Waals surface area contributed by atoms with Gasteiger partial charge in [0.1, 0.15) is 28.8 Å². The number of rotatable bonds is 1. The van der Waals surface area contributed by atoms with Crippen LogP contribution in [0.25, 0.3) is 0 Å².